The van der Waals surface area contributed by atoms with Crippen LogP contribution in [0.3, 0.4) is 0 Å². The summed E-state index contributed by atoms with van der Waals surface area (Å²) < 4.78 is 1.55. The molecule has 7 nitrogen and oxygen atoms in total. The molecular weight excluding hydrogens is 248 g/mol. The Kier molecular flexibility index (Phi) is 3.28. The molecule has 0 saturated heterocycles. The summed E-state index contributed by atoms with van der Waals surface area (Å²) in [5.74, 6) is -1.10. The first-order chi connectivity index (χ1) is 8.97. The number of nitrogens with zero attached hydrogens (tertiary/aromatic N) is 3. The van der Waals surface area contributed by atoms with Crippen molar-refractivity contribution in [1.29, 1.82) is 0 Å². The van der Waals surface area contributed by atoms with Crippen LogP contribution in [0.25, 0.3) is 0 Å². The third-order valence-corrected chi connectivity index (χ3v) is 2.51. The lowest BCUT2D eigenvalue weighted by molar-refractivity contribution is 0.0696. The molecule has 0 aliphatic heterocycles. The van der Waals surface area contributed by atoms with Gasteiger partial charge < -0.3 is 10.4 Å². The number of hydrogen-bond donors (Lipinski definition) is 2. The molecule has 0 radical (unpaired) electrons. The largest absolute Gasteiger partial charge is 0.478 e. The van der Waals surface area contributed by atoms with E-state index in [9.17, 15) is 9.59 Å². The number of carboxylic acid groups (broad SMARTS) is 1. The van der Waals surface area contributed by atoms with Gasteiger partial charge in [0.15, 0.2) is 0 Å². The van der Waals surface area contributed by atoms with Gasteiger partial charge in [0.05, 0.1) is 16.8 Å². The highest BCUT2D eigenvalue weighted by Gasteiger charge is 2.13. The molecule has 0 aromatic carbocycles. The van der Waals surface area contributed by atoms with Crippen LogP contribution < -0.4 is 5.32 Å². The van der Waals surface area contributed by atoms with E-state index in [2.05, 4.69) is 15.4 Å². The minimum atomic E-state index is -1.06. The van der Waals surface area contributed by atoms with Crippen molar-refractivity contribution in [2.24, 2.45) is 7.05 Å². The predicted octanol–water partition coefficient (Wildman–Crippen LogP) is 1.07. The summed E-state index contributed by atoms with van der Waals surface area (Å²) in [5, 5.41) is 15.4. The summed E-state index contributed by atoms with van der Waals surface area (Å²) in [6.07, 6.45) is 2.80. The maximum Gasteiger partial charge on any atom is 0.337 e. The number of aromatic nitrogens is 3. The molecule has 2 rings (SSSR count). The Labute approximate surface area is 108 Å². The zero-order chi connectivity index (χ0) is 14.0. The highest BCUT2D eigenvalue weighted by atomic mass is 16.4. The number of carboxylic acids is 1. The summed E-state index contributed by atoms with van der Waals surface area (Å²) >= 11 is 0. The van der Waals surface area contributed by atoms with E-state index in [4.69, 9.17) is 5.11 Å². The van der Waals surface area contributed by atoms with Crippen molar-refractivity contribution in [2.75, 3.05) is 5.32 Å². The van der Waals surface area contributed by atoms with E-state index in [1.165, 1.54) is 18.3 Å². The van der Waals surface area contributed by atoms with Crippen LogP contribution in [-0.4, -0.2) is 31.7 Å². The van der Waals surface area contributed by atoms with Crippen LogP contribution in [0, 0.1) is 6.92 Å². The van der Waals surface area contributed by atoms with Gasteiger partial charge in [-0.2, -0.15) is 5.10 Å². The van der Waals surface area contributed by atoms with E-state index in [1.54, 1.807) is 24.9 Å². The number of anilines is 1. The summed E-state index contributed by atoms with van der Waals surface area (Å²) in [7, 11) is 1.73. The minimum Gasteiger partial charge on any atom is -0.478 e. The Morgan fingerprint density at radius 2 is 2.11 bits per heavy atom. The first kappa shape index (κ1) is 12.7. The van der Waals surface area contributed by atoms with Gasteiger partial charge in [-0.15, -0.1) is 0 Å². The average molecular weight is 260 g/mol. The van der Waals surface area contributed by atoms with Crippen LogP contribution in [0.1, 0.15) is 26.4 Å². The van der Waals surface area contributed by atoms with Gasteiger partial charge in [0.1, 0.15) is 5.82 Å². The van der Waals surface area contributed by atoms with Crippen LogP contribution >= 0.6 is 0 Å². The Bertz CT molecular complexity index is 631. The molecule has 2 heterocycles. The van der Waals surface area contributed by atoms with Gasteiger partial charge in [-0.25, -0.2) is 9.78 Å². The van der Waals surface area contributed by atoms with Crippen LogP contribution in [0.5, 0.6) is 0 Å². The molecule has 0 atom stereocenters. The van der Waals surface area contributed by atoms with Crippen molar-refractivity contribution < 1.29 is 14.7 Å². The molecule has 7 heteroatoms. The topological polar surface area (TPSA) is 97.1 Å². The van der Waals surface area contributed by atoms with Crippen LogP contribution in [0.4, 0.5) is 5.82 Å². The standard InChI is InChI=1S/C12H12N4O3/c1-7-9(6-16(2)15-7)11(17)14-10-4-3-8(5-13-10)12(18)19/h3-6H,1-2H3,(H,18,19)(H,13,14,17). The van der Waals surface area contributed by atoms with Gasteiger partial charge >= 0.3 is 5.97 Å². The van der Waals surface area contributed by atoms with E-state index < -0.39 is 5.97 Å². The van der Waals surface area contributed by atoms with Crippen LogP contribution in [0.15, 0.2) is 24.5 Å². The molecule has 0 fully saturated rings. The second-order valence-corrected chi connectivity index (χ2v) is 3.99. The molecule has 2 N–H and O–H groups in total. The lowest BCUT2D eigenvalue weighted by Gasteiger charge is -2.03. The second kappa shape index (κ2) is 4.89. The van der Waals surface area contributed by atoms with E-state index >= 15 is 0 Å². The summed E-state index contributed by atoms with van der Waals surface area (Å²) in [4.78, 5) is 26.5. The SMILES string of the molecule is Cc1nn(C)cc1C(=O)Nc1ccc(C(=O)O)cn1. The number of rotatable bonds is 3. The third kappa shape index (κ3) is 2.76. The summed E-state index contributed by atoms with van der Waals surface area (Å²) in [6, 6.07) is 2.81. The first-order valence-electron chi connectivity index (χ1n) is 5.48. The fourth-order valence-corrected chi connectivity index (χ4v) is 1.60. The van der Waals surface area contributed by atoms with E-state index in [1.807, 2.05) is 0 Å². The lowest BCUT2D eigenvalue weighted by Crippen LogP contribution is -2.13. The lowest BCUT2D eigenvalue weighted by atomic mass is 10.2. The Morgan fingerprint density at radius 3 is 2.58 bits per heavy atom. The summed E-state index contributed by atoms with van der Waals surface area (Å²) in [5.41, 5.74) is 1.13. The van der Waals surface area contributed by atoms with E-state index in [0.29, 0.717) is 17.1 Å². The number of hydrogen-bond acceptors (Lipinski definition) is 4. The first-order valence-corrected chi connectivity index (χ1v) is 5.48. The summed E-state index contributed by atoms with van der Waals surface area (Å²) in [6.45, 7) is 1.73. The number of aryl methyl sites for hydroxylation is 2. The van der Waals surface area contributed by atoms with Crippen molar-refractivity contribution in [1.82, 2.24) is 14.8 Å². The molecule has 98 valence electrons. The maximum atomic E-state index is 11.9. The highest BCUT2D eigenvalue weighted by Crippen LogP contribution is 2.10. The van der Waals surface area contributed by atoms with Crippen molar-refractivity contribution in [2.45, 2.75) is 6.92 Å². The number of aromatic carboxylic acids is 1. The predicted molar refractivity (Wildman–Crippen MR) is 67.1 cm³/mol. The average Bonchev–Trinajstić information content (AvgIpc) is 2.69. The number of carbonyl (C=O) groups excluding carboxylic acids is 1. The molecule has 0 aliphatic rings. The third-order valence-electron chi connectivity index (χ3n) is 2.51. The molecule has 0 aliphatic carbocycles. The van der Waals surface area contributed by atoms with Crippen LogP contribution in [-0.2, 0) is 7.05 Å². The van der Waals surface area contributed by atoms with Gasteiger partial charge in [0, 0.05) is 19.4 Å². The van der Waals surface area contributed by atoms with Gasteiger partial charge in [-0.05, 0) is 19.1 Å². The Balaban J connectivity index is 2.15. The molecule has 0 saturated carbocycles. The van der Waals surface area contributed by atoms with Gasteiger partial charge in [0.2, 0.25) is 0 Å². The molecule has 2 aromatic rings. The molecule has 19 heavy (non-hydrogen) atoms. The van der Waals surface area contributed by atoms with Crippen molar-refractivity contribution >= 4 is 17.7 Å². The Hall–Kier alpha value is -2.70. The number of nitrogens with one attached hydrogen (secondary N) is 1. The maximum absolute atomic E-state index is 11.9. The fraction of sp³-hybridized carbons (Fsp3) is 0.167. The quantitative estimate of drug-likeness (QED) is 0.860. The van der Waals surface area contributed by atoms with Crippen molar-refractivity contribution in [3.63, 3.8) is 0 Å². The van der Waals surface area contributed by atoms with Gasteiger partial charge in [-0.1, -0.05) is 0 Å². The monoisotopic (exact) mass is 260 g/mol. The number of amides is 1. The number of carbonyl (C=O) groups is 2. The van der Waals surface area contributed by atoms with Crippen molar-refractivity contribution in [3.05, 3.63) is 41.3 Å². The Morgan fingerprint density at radius 1 is 1.37 bits per heavy atom. The second-order valence-electron chi connectivity index (χ2n) is 3.99. The van der Waals surface area contributed by atoms with Gasteiger partial charge in [0.25, 0.3) is 5.91 Å². The molecule has 0 spiro atoms. The highest BCUT2D eigenvalue weighted by molar-refractivity contribution is 6.04. The van der Waals surface area contributed by atoms with E-state index in [0.717, 1.165) is 0 Å². The molecular formula is C12H12N4O3. The number of pyridine rings is 1. The molecule has 2 aromatic heterocycles. The van der Waals surface area contributed by atoms with Gasteiger partial charge in [-0.3, -0.25) is 9.48 Å². The normalized spacial score (nSPS) is 10.2. The molecule has 1 amide bonds. The molecule has 0 bridgehead atoms. The van der Waals surface area contributed by atoms with Crippen molar-refractivity contribution in [3.8, 4) is 0 Å². The zero-order valence-electron chi connectivity index (χ0n) is 10.4. The zero-order valence-corrected chi connectivity index (χ0v) is 10.4. The smallest absolute Gasteiger partial charge is 0.337 e. The minimum absolute atomic E-state index is 0.0653. The van der Waals surface area contributed by atoms with Crippen LogP contribution in [0.2, 0.25) is 0 Å². The fourth-order valence-electron chi connectivity index (χ4n) is 1.60. The van der Waals surface area contributed by atoms with E-state index in [-0.39, 0.29) is 11.5 Å². The molecule has 0 unspecified atom stereocenters.